The van der Waals surface area contributed by atoms with E-state index in [9.17, 15) is 0 Å². The Kier molecular flexibility index (Phi) is 7.02. The van der Waals surface area contributed by atoms with Crippen molar-refractivity contribution in [2.75, 3.05) is 0 Å². The van der Waals surface area contributed by atoms with E-state index in [-0.39, 0.29) is 0 Å². The van der Waals surface area contributed by atoms with Gasteiger partial charge in [0.15, 0.2) is 0 Å². The summed E-state index contributed by atoms with van der Waals surface area (Å²) in [6.45, 7) is 6.97. The van der Waals surface area contributed by atoms with E-state index in [1.54, 1.807) is 22.5 Å². The average Bonchev–Trinajstić information content (AvgIpc) is 1.87. The fourth-order valence-corrected chi connectivity index (χ4v) is 2.34. The second kappa shape index (κ2) is 6.51. The van der Waals surface area contributed by atoms with Crippen LogP contribution in [0.25, 0.3) is 0 Å². The summed E-state index contributed by atoms with van der Waals surface area (Å²) in [5.41, 5.74) is 0. The van der Waals surface area contributed by atoms with E-state index in [1.807, 2.05) is 0 Å². The summed E-state index contributed by atoms with van der Waals surface area (Å²) >= 11 is 1.72. The molecule has 0 aromatic carbocycles. The van der Waals surface area contributed by atoms with Gasteiger partial charge in [0.2, 0.25) is 0 Å². The van der Waals surface area contributed by atoms with Gasteiger partial charge >= 0.3 is 78.8 Å². The Morgan fingerprint density at radius 1 is 1.10 bits per heavy atom. The van der Waals surface area contributed by atoms with Crippen LogP contribution in [0.2, 0.25) is 3.93 Å². The zero-order valence-corrected chi connectivity index (χ0v) is 10.3. The fourth-order valence-electron chi connectivity index (χ4n) is 1.39. The zero-order chi connectivity index (χ0) is 7.98. The van der Waals surface area contributed by atoms with E-state index in [0.717, 1.165) is 9.85 Å². The Morgan fingerprint density at radius 2 is 1.50 bits per heavy atom. The van der Waals surface area contributed by atoms with Gasteiger partial charge in [0.25, 0.3) is 0 Å². The van der Waals surface area contributed by atoms with Gasteiger partial charge in [-0.25, -0.2) is 0 Å². The van der Waals surface area contributed by atoms with Crippen LogP contribution in [-0.4, -0.2) is 22.5 Å². The molecule has 1 heteroatoms. The first-order valence-electron chi connectivity index (χ1n) is 4.43. The third kappa shape index (κ3) is 4.59. The molecule has 0 aliphatic carbocycles. The van der Waals surface area contributed by atoms with Gasteiger partial charge in [0.05, 0.1) is 0 Å². The molecule has 10 heavy (non-hydrogen) atoms. The molecule has 0 fully saturated rings. The van der Waals surface area contributed by atoms with E-state index in [4.69, 9.17) is 0 Å². The molecular formula is C9H19Sn. The summed E-state index contributed by atoms with van der Waals surface area (Å²) in [6, 6.07) is 0. The Balaban J connectivity index is 3.50. The number of hydrogen-bond acceptors (Lipinski definition) is 0. The summed E-state index contributed by atoms with van der Waals surface area (Å²) in [6.07, 6.45) is 5.62. The van der Waals surface area contributed by atoms with Crippen molar-refractivity contribution < 1.29 is 0 Å². The molecule has 1 unspecified atom stereocenters. The van der Waals surface area contributed by atoms with Gasteiger partial charge in [0.1, 0.15) is 0 Å². The van der Waals surface area contributed by atoms with Gasteiger partial charge in [0, 0.05) is 0 Å². The average molecular weight is 246 g/mol. The van der Waals surface area contributed by atoms with Crippen LogP contribution >= 0.6 is 0 Å². The Hall–Kier alpha value is 0.799. The maximum absolute atomic E-state index is 2.38. The van der Waals surface area contributed by atoms with E-state index in [1.165, 1.54) is 25.7 Å². The van der Waals surface area contributed by atoms with Crippen molar-refractivity contribution in [3.05, 3.63) is 0 Å². The Bertz CT molecular complexity index is 63.1. The van der Waals surface area contributed by atoms with Crippen molar-refractivity contribution in [1.82, 2.24) is 0 Å². The molecule has 0 amide bonds. The quantitative estimate of drug-likeness (QED) is 0.653. The van der Waals surface area contributed by atoms with Crippen molar-refractivity contribution in [2.45, 2.75) is 50.4 Å². The third-order valence-electron chi connectivity index (χ3n) is 2.03. The van der Waals surface area contributed by atoms with E-state index < -0.39 is 0 Å². The third-order valence-corrected chi connectivity index (χ3v) is 3.37. The van der Waals surface area contributed by atoms with Crippen molar-refractivity contribution in [3.63, 3.8) is 0 Å². The minimum absolute atomic E-state index is 0.979. The van der Waals surface area contributed by atoms with Gasteiger partial charge in [-0.05, 0) is 0 Å². The summed E-state index contributed by atoms with van der Waals surface area (Å²) in [4.78, 5) is 0. The van der Waals surface area contributed by atoms with Crippen LogP contribution in [-0.2, 0) is 0 Å². The Morgan fingerprint density at radius 3 is 1.70 bits per heavy atom. The predicted octanol–water partition coefficient (Wildman–Crippen LogP) is 3.18. The van der Waals surface area contributed by atoms with Gasteiger partial charge in [-0.2, -0.15) is 0 Å². The summed E-state index contributed by atoms with van der Waals surface area (Å²) in [7, 11) is 0. The molecule has 1 atom stereocenters. The second-order valence-corrected chi connectivity index (χ2v) is 5.73. The van der Waals surface area contributed by atoms with Crippen LogP contribution < -0.4 is 0 Å². The number of hydrogen-bond donors (Lipinski definition) is 0. The molecule has 0 aliphatic heterocycles. The monoisotopic (exact) mass is 247 g/mol. The first-order chi connectivity index (χ1) is 4.72. The molecule has 0 aliphatic rings. The molecule has 0 aromatic heterocycles. The summed E-state index contributed by atoms with van der Waals surface area (Å²) in [5, 5.41) is 0. The molecule has 0 rings (SSSR count). The molecule has 0 saturated heterocycles. The van der Waals surface area contributed by atoms with E-state index in [2.05, 4.69) is 20.8 Å². The molecule has 3 radical (unpaired) electrons. The van der Waals surface area contributed by atoms with Gasteiger partial charge < -0.3 is 0 Å². The topological polar surface area (TPSA) is 0 Å². The SMILES string of the molecule is CCCC(CCC)[CH](C)[Sn]. The van der Waals surface area contributed by atoms with Crippen LogP contribution in [0.4, 0.5) is 0 Å². The predicted molar refractivity (Wildman–Crippen MR) is 48.5 cm³/mol. The van der Waals surface area contributed by atoms with Crippen molar-refractivity contribution in [3.8, 4) is 0 Å². The fraction of sp³-hybridized carbons (Fsp3) is 1.00. The van der Waals surface area contributed by atoms with Crippen LogP contribution in [0.15, 0.2) is 0 Å². The van der Waals surface area contributed by atoms with Crippen LogP contribution in [0.1, 0.15) is 46.5 Å². The van der Waals surface area contributed by atoms with Gasteiger partial charge in [-0.15, -0.1) is 0 Å². The number of rotatable bonds is 5. The molecule has 0 heterocycles. The van der Waals surface area contributed by atoms with Crippen molar-refractivity contribution in [1.29, 1.82) is 0 Å². The first-order valence-corrected chi connectivity index (χ1v) is 6.08. The van der Waals surface area contributed by atoms with Crippen LogP contribution in [0.5, 0.6) is 0 Å². The zero-order valence-electron chi connectivity index (χ0n) is 7.48. The van der Waals surface area contributed by atoms with Gasteiger partial charge in [-0.1, -0.05) is 0 Å². The molecule has 0 aromatic rings. The molecule has 0 saturated carbocycles. The molecule has 0 N–H and O–H groups in total. The standard InChI is InChI=1S/C9H19.Sn/c1-4-7-9(6-3)8-5-2;/h6,9H,4-5,7-8H2,1-3H3;. The molecular weight excluding hydrogens is 227 g/mol. The summed E-state index contributed by atoms with van der Waals surface area (Å²) < 4.78 is 0.979. The van der Waals surface area contributed by atoms with Crippen molar-refractivity contribution >= 4 is 22.5 Å². The molecule has 59 valence electrons. The van der Waals surface area contributed by atoms with E-state index in [0.29, 0.717) is 0 Å². The van der Waals surface area contributed by atoms with Crippen LogP contribution in [0.3, 0.4) is 0 Å². The maximum atomic E-state index is 2.38. The molecule has 0 spiro atoms. The Labute approximate surface area is 78.9 Å². The first kappa shape index (κ1) is 10.8. The normalized spacial score (nSPS) is 14.1. The van der Waals surface area contributed by atoms with Crippen molar-refractivity contribution in [2.24, 2.45) is 5.92 Å². The molecule has 0 nitrogen and oxygen atoms in total. The van der Waals surface area contributed by atoms with Crippen LogP contribution in [0, 0.1) is 5.92 Å². The second-order valence-electron chi connectivity index (χ2n) is 3.13. The minimum atomic E-state index is 0.979. The molecule has 0 bridgehead atoms. The van der Waals surface area contributed by atoms with E-state index >= 15 is 0 Å². The summed E-state index contributed by atoms with van der Waals surface area (Å²) in [5.74, 6) is 1.02. The van der Waals surface area contributed by atoms with Gasteiger partial charge in [-0.3, -0.25) is 0 Å².